The van der Waals surface area contributed by atoms with Crippen molar-refractivity contribution in [3.8, 4) is 11.4 Å². The van der Waals surface area contributed by atoms with Crippen molar-refractivity contribution in [2.75, 3.05) is 0 Å². The van der Waals surface area contributed by atoms with Gasteiger partial charge in [0, 0.05) is 16.0 Å². The topological polar surface area (TPSA) is 25.8 Å². The van der Waals surface area contributed by atoms with Gasteiger partial charge in [-0.2, -0.15) is 0 Å². The highest BCUT2D eigenvalue weighted by Crippen LogP contribution is 2.31. The van der Waals surface area contributed by atoms with Gasteiger partial charge in [-0.3, -0.25) is 0 Å². The van der Waals surface area contributed by atoms with Crippen LogP contribution in [0.2, 0.25) is 10.2 Å². The molecule has 0 atom stereocenters. The van der Waals surface area contributed by atoms with Gasteiger partial charge in [-0.1, -0.05) is 40.9 Å². The molecule has 106 valence electrons. The van der Waals surface area contributed by atoms with Gasteiger partial charge in [0.1, 0.15) is 5.15 Å². The van der Waals surface area contributed by atoms with Gasteiger partial charge >= 0.3 is 0 Å². The van der Waals surface area contributed by atoms with Gasteiger partial charge < -0.3 is 0 Å². The Morgan fingerprint density at radius 1 is 0.905 bits per heavy atom. The lowest BCUT2D eigenvalue weighted by Gasteiger charge is -2.10. The van der Waals surface area contributed by atoms with Crippen molar-refractivity contribution in [3.05, 3.63) is 57.2 Å². The zero-order chi connectivity index (χ0) is 15.1. The highest BCUT2D eigenvalue weighted by Gasteiger charge is 2.13. The minimum Gasteiger partial charge on any atom is -0.228 e. The van der Waals surface area contributed by atoms with Crippen molar-refractivity contribution in [2.45, 2.75) is 20.8 Å². The van der Waals surface area contributed by atoms with Gasteiger partial charge in [0.05, 0.1) is 5.52 Å². The minimum absolute atomic E-state index is 0.454. The van der Waals surface area contributed by atoms with Gasteiger partial charge in [-0.15, -0.1) is 0 Å². The van der Waals surface area contributed by atoms with Gasteiger partial charge in [0.2, 0.25) is 0 Å². The Labute approximate surface area is 133 Å². The zero-order valence-corrected chi connectivity index (χ0v) is 13.5. The molecule has 3 aromatic rings. The van der Waals surface area contributed by atoms with Gasteiger partial charge in [-0.05, 0) is 50.1 Å². The number of fused-ring (bicyclic) bond motifs is 1. The number of halogens is 2. The SMILES string of the molecule is Cc1ccc(C)c(-c2nc(Cl)c3ccc(Cl)c(C)c3n2)c1. The molecular weight excluding hydrogens is 303 g/mol. The molecule has 0 aliphatic rings. The smallest absolute Gasteiger partial charge is 0.161 e. The predicted molar refractivity (Wildman–Crippen MR) is 89.2 cm³/mol. The van der Waals surface area contributed by atoms with Crippen LogP contribution in [0, 0.1) is 20.8 Å². The number of benzene rings is 2. The summed E-state index contributed by atoms with van der Waals surface area (Å²) in [6.45, 7) is 6.04. The first kappa shape index (κ1) is 14.3. The van der Waals surface area contributed by atoms with Crippen LogP contribution in [-0.2, 0) is 0 Å². The lowest BCUT2D eigenvalue weighted by molar-refractivity contribution is 1.20. The molecule has 0 unspecified atom stereocenters. The molecule has 0 fully saturated rings. The molecule has 0 bridgehead atoms. The number of hydrogen-bond acceptors (Lipinski definition) is 2. The number of nitrogens with zero attached hydrogens (tertiary/aromatic N) is 2. The summed E-state index contributed by atoms with van der Waals surface area (Å²) in [5, 5.41) is 1.97. The molecular formula is C17H14Cl2N2. The summed E-state index contributed by atoms with van der Waals surface area (Å²) in [5.74, 6) is 0.638. The number of rotatable bonds is 1. The number of aromatic nitrogens is 2. The number of hydrogen-bond donors (Lipinski definition) is 0. The zero-order valence-electron chi connectivity index (χ0n) is 12.0. The van der Waals surface area contributed by atoms with Gasteiger partial charge in [0.25, 0.3) is 0 Å². The molecule has 1 aromatic heterocycles. The first-order chi connectivity index (χ1) is 9.97. The van der Waals surface area contributed by atoms with Gasteiger partial charge in [-0.25, -0.2) is 9.97 Å². The molecule has 0 radical (unpaired) electrons. The fourth-order valence-electron chi connectivity index (χ4n) is 2.37. The van der Waals surface area contributed by atoms with Crippen LogP contribution < -0.4 is 0 Å². The molecule has 4 heteroatoms. The van der Waals surface area contributed by atoms with Crippen molar-refractivity contribution in [2.24, 2.45) is 0 Å². The van der Waals surface area contributed by atoms with E-state index in [1.54, 1.807) is 0 Å². The molecule has 0 saturated carbocycles. The number of aryl methyl sites for hydroxylation is 3. The third kappa shape index (κ3) is 2.50. The fraction of sp³-hybridized carbons (Fsp3) is 0.176. The molecule has 3 rings (SSSR count). The van der Waals surface area contributed by atoms with Crippen LogP contribution in [0.3, 0.4) is 0 Å². The lowest BCUT2D eigenvalue weighted by Crippen LogP contribution is -1.96. The summed E-state index contributed by atoms with van der Waals surface area (Å²) in [6, 6.07) is 9.90. The summed E-state index contributed by atoms with van der Waals surface area (Å²) < 4.78 is 0. The highest BCUT2D eigenvalue weighted by atomic mass is 35.5. The van der Waals surface area contributed by atoms with Gasteiger partial charge in [0.15, 0.2) is 5.82 Å². The van der Waals surface area contributed by atoms with E-state index in [2.05, 4.69) is 28.2 Å². The molecule has 0 N–H and O–H groups in total. The molecule has 0 saturated heterocycles. The standard InChI is InChI=1S/C17H14Cl2N2/c1-9-4-5-10(2)13(8-9)17-20-15-11(3)14(18)7-6-12(15)16(19)21-17/h4-8H,1-3H3. The summed E-state index contributed by atoms with van der Waals surface area (Å²) in [7, 11) is 0. The molecule has 0 amide bonds. The molecule has 0 aliphatic heterocycles. The van der Waals surface area contributed by atoms with Crippen LogP contribution in [0.15, 0.2) is 30.3 Å². The van der Waals surface area contributed by atoms with Crippen LogP contribution in [0.1, 0.15) is 16.7 Å². The van der Waals surface area contributed by atoms with E-state index in [4.69, 9.17) is 23.2 Å². The Kier molecular flexibility index (Phi) is 3.60. The van der Waals surface area contributed by atoms with Crippen molar-refractivity contribution in [3.63, 3.8) is 0 Å². The van der Waals surface area contributed by atoms with Crippen molar-refractivity contribution >= 4 is 34.1 Å². The minimum atomic E-state index is 0.454. The summed E-state index contributed by atoms with van der Waals surface area (Å²) in [4.78, 5) is 9.14. The van der Waals surface area contributed by atoms with Crippen LogP contribution in [0.5, 0.6) is 0 Å². The quantitative estimate of drug-likeness (QED) is 0.552. The first-order valence-corrected chi connectivity index (χ1v) is 7.43. The second-order valence-electron chi connectivity index (χ2n) is 5.22. The highest BCUT2D eigenvalue weighted by molar-refractivity contribution is 6.35. The largest absolute Gasteiger partial charge is 0.228 e. The maximum absolute atomic E-state index is 6.33. The van der Waals surface area contributed by atoms with E-state index in [1.165, 1.54) is 5.56 Å². The van der Waals surface area contributed by atoms with Crippen LogP contribution in [-0.4, -0.2) is 9.97 Å². The third-order valence-electron chi connectivity index (χ3n) is 3.64. The molecule has 21 heavy (non-hydrogen) atoms. The third-order valence-corrected chi connectivity index (χ3v) is 4.34. The van der Waals surface area contributed by atoms with E-state index >= 15 is 0 Å². The van der Waals surface area contributed by atoms with E-state index in [1.807, 2.05) is 32.9 Å². The Morgan fingerprint density at radius 3 is 2.43 bits per heavy atom. The predicted octanol–water partition coefficient (Wildman–Crippen LogP) is 5.53. The van der Waals surface area contributed by atoms with Crippen LogP contribution in [0.25, 0.3) is 22.3 Å². The second kappa shape index (κ2) is 5.28. The van der Waals surface area contributed by atoms with E-state index in [0.29, 0.717) is 16.0 Å². The van der Waals surface area contributed by atoms with Crippen LogP contribution >= 0.6 is 23.2 Å². The maximum atomic E-state index is 6.33. The van der Waals surface area contributed by atoms with E-state index < -0.39 is 0 Å². The summed E-state index contributed by atoms with van der Waals surface area (Å²) >= 11 is 12.5. The summed E-state index contributed by atoms with van der Waals surface area (Å²) in [6.07, 6.45) is 0. The molecule has 0 aliphatic carbocycles. The first-order valence-electron chi connectivity index (χ1n) is 6.67. The van der Waals surface area contributed by atoms with Crippen molar-refractivity contribution < 1.29 is 0 Å². The monoisotopic (exact) mass is 316 g/mol. The van der Waals surface area contributed by atoms with E-state index in [-0.39, 0.29) is 0 Å². The average Bonchev–Trinajstić information content (AvgIpc) is 2.45. The Hall–Kier alpha value is -1.64. The van der Waals surface area contributed by atoms with E-state index in [0.717, 1.165) is 27.6 Å². The second-order valence-corrected chi connectivity index (χ2v) is 5.99. The fourth-order valence-corrected chi connectivity index (χ4v) is 2.75. The average molecular weight is 317 g/mol. The Bertz CT molecular complexity index is 857. The maximum Gasteiger partial charge on any atom is 0.161 e. The molecule has 1 heterocycles. The lowest BCUT2D eigenvalue weighted by atomic mass is 10.0. The Balaban J connectivity index is 2.34. The van der Waals surface area contributed by atoms with Crippen molar-refractivity contribution in [1.29, 1.82) is 0 Å². The van der Waals surface area contributed by atoms with Crippen LogP contribution in [0.4, 0.5) is 0 Å². The molecule has 2 nitrogen and oxygen atoms in total. The van der Waals surface area contributed by atoms with E-state index in [9.17, 15) is 0 Å². The summed E-state index contributed by atoms with van der Waals surface area (Å²) in [5.41, 5.74) is 5.01. The Morgan fingerprint density at radius 2 is 1.67 bits per heavy atom. The van der Waals surface area contributed by atoms with Crippen molar-refractivity contribution in [1.82, 2.24) is 9.97 Å². The normalized spacial score (nSPS) is 11.1. The molecule has 2 aromatic carbocycles. The molecule has 0 spiro atoms.